The molecule has 4 heteroatoms. The van der Waals surface area contributed by atoms with Crippen molar-refractivity contribution in [1.82, 2.24) is 15.2 Å². The van der Waals surface area contributed by atoms with Crippen molar-refractivity contribution >= 4 is 21.6 Å². The molecule has 3 nitrogen and oxygen atoms in total. The van der Waals surface area contributed by atoms with Gasteiger partial charge in [0.25, 0.3) is 0 Å². The number of fused-ring (bicyclic) bond motifs is 1. The zero-order valence-electron chi connectivity index (χ0n) is 13.2. The van der Waals surface area contributed by atoms with Gasteiger partial charge in [0, 0.05) is 18.0 Å². The zero-order valence-corrected chi connectivity index (χ0v) is 14.0. The summed E-state index contributed by atoms with van der Waals surface area (Å²) in [4.78, 5) is 7.26. The molecule has 1 heterocycles. The van der Waals surface area contributed by atoms with Crippen molar-refractivity contribution < 1.29 is 0 Å². The van der Waals surface area contributed by atoms with Gasteiger partial charge < -0.3 is 10.2 Å². The minimum atomic E-state index is 0.284. The second-order valence-electron chi connectivity index (χ2n) is 6.33. The van der Waals surface area contributed by atoms with Crippen molar-refractivity contribution in [3.8, 4) is 0 Å². The maximum absolute atomic E-state index is 4.82. The van der Waals surface area contributed by atoms with Crippen LogP contribution in [0.15, 0.2) is 24.3 Å². The van der Waals surface area contributed by atoms with E-state index < -0.39 is 0 Å². The van der Waals surface area contributed by atoms with Crippen LogP contribution in [0, 0.1) is 0 Å². The van der Waals surface area contributed by atoms with Crippen LogP contribution < -0.4 is 5.32 Å². The Labute approximate surface area is 131 Å². The van der Waals surface area contributed by atoms with E-state index >= 15 is 0 Å². The van der Waals surface area contributed by atoms with Gasteiger partial charge in [0.2, 0.25) is 0 Å². The molecule has 1 unspecified atom stereocenters. The molecule has 3 rings (SSSR count). The molecule has 0 aliphatic heterocycles. The Bertz CT molecular complexity index is 566. The molecule has 0 saturated heterocycles. The molecule has 21 heavy (non-hydrogen) atoms. The Hall–Kier alpha value is -0.970. The Balaban J connectivity index is 1.86. The lowest BCUT2D eigenvalue weighted by molar-refractivity contribution is 0.108. The molecule has 1 aromatic heterocycles. The molecule has 0 radical (unpaired) electrons. The monoisotopic (exact) mass is 303 g/mol. The molecule has 0 bridgehead atoms. The summed E-state index contributed by atoms with van der Waals surface area (Å²) in [5.74, 6) is 0. The number of aromatic nitrogens is 1. The number of hydrogen-bond acceptors (Lipinski definition) is 4. The van der Waals surface area contributed by atoms with Crippen molar-refractivity contribution in [2.24, 2.45) is 0 Å². The Morgan fingerprint density at radius 3 is 2.62 bits per heavy atom. The fourth-order valence-corrected chi connectivity index (χ4v) is 4.85. The van der Waals surface area contributed by atoms with Gasteiger partial charge in [-0.1, -0.05) is 25.0 Å². The summed E-state index contributed by atoms with van der Waals surface area (Å²) in [6.45, 7) is 0. The fourth-order valence-electron chi connectivity index (χ4n) is 3.84. The molecule has 1 atom stereocenters. The smallest absolute Gasteiger partial charge is 0.0954 e. The van der Waals surface area contributed by atoms with Crippen LogP contribution >= 0.6 is 11.3 Å². The molecule has 1 aromatic carbocycles. The third-order valence-corrected chi connectivity index (χ3v) is 6.13. The molecule has 1 aliphatic carbocycles. The molecular formula is C17H25N3S. The average molecular weight is 303 g/mol. The van der Waals surface area contributed by atoms with Crippen LogP contribution in [0.5, 0.6) is 0 Å². The Kier molecular flexibility index (Phi) is 4.29. The predicted octanol–water partition coefficient (Wildman–Crippen LogP) is 3.30. The van der Waals surface area contributed by atoms with Gasteiger partial charge in [-0.15, -0.1) is 11.3 Å². The topological polar surface area (TPSA) is 28.2 Å². The third kappa shape index (κ3) is 2.72. The fraction of sp³-hybridized carbons (Fsp3) is 0.588. The highest BCUT2D eigenvalue weighted by atomic mass is 32.1. The highest BCUT2D eigenvalue weighted by Gasteiger charge is 2.42. The SMILES string of the molecule is CNC(Cc1nc2ccccc2s1)C1(N(C)C)CCCC1. The summed E-state index contributed by atoms with van der Waals surface area (Å²) >= 11 is 1.84. The average Bonchev–Trinajstić information content (AvgIpc) is 3.11. The highest BCUT2D eigenvalue weighted by Crippen LogP contribution is 2.38. The van der Waals surface area contributed by atoms with Gasteiger partial charge in [-0.25, -0.2) is 4.98 Å². The number of hydrogen-bond donors (Lipinski definition) is 1. The first-order valence-corrected chi connectivity index (χ1v) is 8.66. The molecule has 1 aliphatic rings. The van der Waals surface area contributed by atoms with Crippen molar-refractivity contribution in [1.29, 1.82) is 0 Å². The summed E-state index contributed by atoms with van der Waals surface area (Å²) < 4.78 is 1.30. The van der Waals surface area contributed by atoms with Crippen LogP contribution in [0.4, 0.5) is 0 Å². The van der Waals surface area contributed by atoms with E-state index in [0.717, 1.165) is 11.9 Å². The quantitative estimate of drug-likeness (QED) is 0.918. The minimum absolute atomic E-state index is 0.284. The van der Waals surface area contributed by atoms with E-state index in [1.807, 2.05) is 11.3 Å². The van der Waals surface area contributed by atoms with Gasteiger partial charge in [0.05, 0.1) is 15.2 Å². The van der Waals surface area contributed by atoms with E-state index in [4.69, 9.17) is 4.98 Å². The highest BCUT2D eigenvalue weighted by molar-refractivity contribution is 7.18. The maximum Gasteiger partial charge on any atom is 0.0954 e. The first-order valence-electron chi connectivity index (χ1n) is 7.85. The lowest BCUT2D eigenvalue weighted by Gasteiger charge is -2.43. The summed E-state index contributed by atoms with van der Waals surface area (Å²) in [5.41, 5.74) is 1.42. The number of para-hydroxylation sites is 1. The number of benzene rings is 1. The van der Waals surface area contributed by atoms with Gasteiger partial charge >= 0.3 is 0 Å². The molecule has 1 saturated carbocycles. The first-order chi connectivity index (χ1) is 10.2. The van der Waals surface area contributed by atoms with E-state index in [1.54, 1.807) is 0 Å². The maximum atomic E-state index is 4.82. The number of nitrogens with zero attached hydrogens (tertiary/aromatic N) is 2. The van der Waals surface area contributed by atoms with Crippen LogP contribution in [0.25, 0.3) is 10.2 Å². The Morgan fingerprint density at radius 2 is 2.00 bits per heavy atom. The van der Waals surface area contributed by atoms with Gasteiger partial charge in [0.1, 0.15) is 0 Å². The van der Waals surface area contributed by atoms with Crippen LogP contribution in [0.3, 0.4) is 0 Å². The lowest BCUT2D eigenvalue weighted by Crippen LogP contribution is -2.57. The number of thiazole rings is 1. The van der Waals surface area contributed by atoms with Crippen molar-refractivity contribution in [2.45, 2.75) is 43.7 Å². The van der Waals surface area contributed by atoms with Crippen LogP contribution in [0.1, 0.15) is 30.7 Å². The van der Waals surface area contributed by atoms with E-state index in [0.29, 0.717) is 6.04 Å². The van der Waals surface area contributed by atoms with E-state index in [-0.39, 0.29) is 5.54 Å². The predicted molar refractivity (Wildman–Crippen MR) is 91.1 cm³/mol. The van der Waals surface area contributed by atoms with Crippen LogP contribution in [-0.2, 0) is 6.42 Å². The summed E-state index contributed by atoms with van der Waals surface area (Å²) in [6.07, 6.45) is 6.28. The van der Waals surface area contributed by atoms with Crippen molar-refractivity contribution in [3.63, 3.8) is 0 Å². The molecule has 1 fully saturated rings. The van der Waals surface area contributed by atoms with Crippen molar-refractivity contribution in [3.05, 3.63) is 29.3 Å². The van der Waals surface area contributed by atoms with Gasteiger partial charge in [0.15, 0.2) is 0 Å². The lowest BCUT2D eigenvalue weighted by atomic mass is 9.85. The molecule has 1 N–H and O–H groups in total. The second-order valence-corrected chi connectivity index (χ2v) is 7.44. The van der Waals surface area contributed by atoms with Crippen molar-refractivity contribution in [2.75, 3.05) is 21.1 Å². The summed E-state index contributed by atoms with van der Waals surface area (Å²) in [7, 11) is 6.56. The Morgan fingerprint density at radius 1 is 1.29 bits per heavy atom. The molecule has 0 amide bonds. The molecule has 114 valence electrons. The molecule has 0 spiro atoms. The number of likely N-dealkylation sites (N-methyl/N-ethyl adjacent to an activating group) is 2. The standard InChI is InChI=1S/C17H25N3S/c1-18-15(17(20(2)3)10-6-7-11-17)12-16-19-13-8-4-5-9-14(13)21-16/h4-5,8-9,15,18H,6-7,10-12H2,1-3H3. The largest absolute Gasteiger partial charge is 0.315 e. The van der Waals surface area contributed by atoms with Gasteiger partial charge in [-0.05, 0) is 46.1 Å². The molecule has 2 aromatic rings. The zero-order chi connectivity index (χ0) is 14.9. The first kappa shape index (κ1) is 14.9. The normalized spacial score (nSPS) is 19.4. The van der Waals surface area contributed by atoms with E-state index in [1.165, 1.54) is 35.4 Å². The van der Waals surface area contributed by atoms with Crippen LogP contribution in [-0.4, -0.2) is 42.6 Å². The van der Waals surface area contributed by atoms with Gasteiger partial charge in [-0.2, -0.15) is 0 Å². The summed E-state index contributed by atoms with van der Waals surface area (Å²) in [5, 5.41) is 4.84. The summed E-state index contributed by atoms with van der Waals surface area (Å²) in [6, 6.07) is 8.91. The number of rotatable bonds is 5. The molecular weight excluding hydrogens is 278 g/mol. The minimum Gasteiger partial charge on any atom is -0.315 e. The van der Waals surface area contributed by atoms with Gasteiger partial charge in [-0.3, -0.25) is 0 Å². The van der Waals surface area contributed by atoms with E-state index in [2.05, 4.69) is 55.6 Å². The number of nitrogens with one attached hydrogen (secondary N) is 1. The van der Waals surface area contributed by atoms with E-state index in [9.17, 15) is 0 Å². The second kappa shape index (κ2) is 6.03. The third-order valence-electron chi connectivity index (χ3n) is 5.07. The van der Waals surface area contributed by atoms with Crippen LogP contribution in [0.2, 0.25) is 0 Å².